The van der Waals surface area contributed by atoms with Crippen LogP contribution in [0.1, 0.15) is 57.2 Å². The molecule has 1 saturated heterocycles. The van der Waals surface area contributed by atoms with Gasteiger partial charge in [-0.3, -0.25) is 47.9 Å². The minimum Gasteiger partial charge on any atom is -0.508 e. The number of nitrogens with two attached hydrogens (primary N) is 1. The minimum absolute atomic E-state index is 0.00108. The molecule has 16 N–H and O–H groups in total. The van der Waals surface area contributed by atoms with Crippen LogP contribution in [0.5, 0.6) is 5.75 Å². The molecule has 28 heteroatoms. The number of nitrogens with zero attached hydrogens (tertiary/aromatic N) is 2. The Morgan fingerprint density at radius 1 is 0.783 bits per heavy atom. The number of carbonyl (C=O) groups is 11. The van der Waals surface area contributed by atoms with Crippen molar-refractivity contribution in [2.75, 3.05) is 19.7 Å². The number of aliphatic hydroxyl groups excluding tert-OH is 2. The number of imidazole rings is 1. The summed E-state index contributed by atoms with van der Waals surface area (Å²) >= 11 is 0. The molecule has 1 aliphatic rings. The standard InChI is InChI=1S/C41H57N11O17/c1-19(46-35(62)24(42)9-10-31(57)58)34(61)48-26(14-32(59)60)40(67)52-11-3-4-29(52)38(65)51-33(20(2)54)39(66)44-16-30(56)47-25(13-22-15-43-18-45-22)36(63)50-28(17-53)37(64)49-27(41(68)69)12-21-5-7-23(55)8-6-21/h5-8,15,18-20,24-29,33,53-55H,3-4,9-14,16-17,42H2,1-2H3,(H,43,45)(H,44,66)(H,46,62)(H,47,56)(H,48,61)(H,49,64)(H,50,63)(H,51,65)(H,57,58)(H,59,60)(H,68,69)/t19-,20+,24+,25-,26-,27-,28-,29-,33-/m0/s1. The molecule has 0 unspecified atom stereocenters. The first-order valence-corrected chi connectivity index (χ1v) is 21.4. The number of benzene rings is 1. The maximum absolute atomic E-state index is 13.7. The number of H-pyrrole nitrogens is 1. The van der Waals surface area contributed by atoms with Gasteiger partial charge in [-0.25, -0.2) is 9.78 Å². The van der Waals surface area contributed by atoms with Crippen molar-refractivity contribution in [2.45, 2.75) is 113 Å². The Balaban J connectivity index is 1.65. The maximum atomic E-state index is 13.7. The predicted octanol–water partition coefficient (Wildman–Crippen LogP) is -5.94. The molecule has 1 aliphatic heterocycles. The number of aliphatic hydroxyl groups is 2. The third-order valence-electron chi connectivity index (χ3n) is 10.5. The molecule has 378 valence electrons. The number of hydrogen-bond acceptors (Lipinski definition) is 16. The van der Waals surface area contributed by atoms with Crippen molar-refractivity contribution in [1.82, 2.24) is 52.1 Å². The third kappa shape index (κ3) is 17.8. The summed E-state index contributed by atoms with van der Waals surface area (Å²) < 4.78 is 0. The summed E-state index contributed by atoms with van der Waals surface area (Å²) in [6, 6.07) is -6.76. The van der Waals surface area contributed by atoms with Crippen LogP contribution in [0.15, 0.2) is 36.8 Å². The van der Waals surface area contributed by atoms with Crippen molar-refractivity contribution in [2.24, 2.45) is 5.73 Å². The molecular weight excluding hydrogens is 919 g/mol. The number of rotatable bonds is 27. The largest absolute Gasteiger partial charge is 0.508 e. The van der Waals surface area contributed by atoms with Crippen molar-refractivity contribution in [3.05, 3.63) is 48.0 Å². The maximum Gasteiger partial charge on any atom is 0.326 e. The van der Waals surface area contributed by atoms with Crippen LogP contribution in [0.25, 0.3) is 0 Å². The van der Waals surface area contributed by atoms with Gasteiger partial charge in [0.1, 0.15) is 48.0 Å². The third-order valence-corrected chi connectivity index (χ3v) is 10.5. The highest BCUT2D eigenvalue weighted by Crippen LogP contribution is 2.20. The molecule has 0 radical (unpaired) electrons. The molecule has 28 nitrogen and oxygen atoms in total. The van der Waals surface area contributed by atoms with E-state index in [-0.39, 0.29) is 44.4 Å². The zero-order chi connectivity index (χ0) is 51.5. The van der Waals surface area contributed by atoms with E-state index in [0.717, 1.165) is 11.8 Å². The van der Waals surface area contributed by atoms with E-state index in [1.165, 1.54) is 43.7 Å². The van der Waals surface area contributed by atoms with E-state index in [1.54, 1.807) is 0 Å². The summed E-state index contributed by atoms with van der Waals surface area (Å²) in [6.45, 7) is 0.376. The zero-order valence-corrected chi connectivity index (χ0v) is 37.4. The SMILES string of the molecule is C[C@H](NC(=O)[C@H](N)CCC(=O)O)C(=O)N[C@@H](CC(=O)O)C(=O)N1CCC[C@H]1C(=O)N[C@H](C(=O)NCC(=O)N[C@@H](Cc1cnc[nH]1)C(=O)N[C@@H](CO)C(=O)N[C@@H](Cc1ccc(O)cc1)C(=O)O)[C@@H](C)O. The average molecular weight is 976 g/mol. The molecule has 0 bridgehead atoms. The van der Waals surface area contributed by atoms with Crippen LogP contribution in [-0.2, 0) is 65.6 Å². The van der Waals surface area contributed by atoms with E-state index >= 15 is 0 Å². The molecule has 0 saturated carbocycles. The van der Waals surface area contributed by atoms with E-state index < -0.39 is 146 Å². The van der Waals surface area contributed by atoms with Gasteiger partial charge in [-0.15, -0.1) is 0 Å². The highest BCUT2D eigenvalue weighted by Gasteiger charge is 2.41. The van der Waals surface area contributed by atoms with E-state index in [0.29, 0.717) is 11.3 Å². The van der Waals surface area contributed by atoms with Crippen molar-refractivity contribution in [1.29, 1.82) is 0 Å². The summed E-state index contributed by atoms with van der Waals surface area (Å²) in [6.07, 6.45) is -0.948. The molecule has 3 rings (SSSR count). The molecule has 1 fully saturated rings. The van der Waals surface area contributed by atoms with E-state index in [4.69, 9.17) is 10.8 Å². The number of amides is 8. The lowest BCUT2D eigenvalue weighted by Crippen LogP contribution is -2.60. The molecule has 0 aliphatic carbocycles. The predicted molar refractivity (Wildman–Crippen MR) is 233 cm³/mol. The number of aliphatic carboxylic acids is 3. The molecule has 1 aromatic carbocycles. The summed E-state index contributed by atoms with van der Waals surface area (Å²) in [5, 5.41) is 73.9. The number of hydrogen-bond donors (Lipinski definition) is 15. The summed E-state index contributed by atoms with van der Waals surface area (Å²) in [7, 11) is 0. The molecular formula is C41H57N11O17. The Kier molecular flexibility index (Phi) is 21.4. The van der Waals surface area contributed by atoms with Crippen LogP contribution in [0, 0.1) is 0 Å². The first-order valence-electron chi connectivity index (χ1n) is 21.4. The van der Waals surface area contributed by atoms with Gasteiger partial charge in [0.2, 0.25) is 47.3 Å². The number of aromatic hydroxyl groups is 1. The number of aromatic amines is 1. The monoisotopic (exact) mass is 975 g/mol. The van der Waals surface area contributed by atoms with Crippen molar-refractivity contribution < 1.29 is 83.4 Å². The molecule has 0 spiro atoms. The lowest BCUT2D eigenvalue weighted by Gasteiger charge is -2.30. The van der Waals surface area contributed by atoms with E-state index in [2.05, 4.69) is 47.2 Å². The van der Waals surface area contributed by atoms with Gasteiger partial charge >= 0.3 is 17.9 Å². The van der Waals surface area contributed by atoms with Gasteiger partial charge in [0.15, 0.2) is 0 Å². The Bertz CT molecular complexity index is 2170. The number of carbonyl (C=O) groups excluding carboxylic acids is 8. The molecule has 1 aromatic heterocycles. The van der Waals surface area contributed by atoms with Crippen molar-refractivity contribution in [3.8, 4) is 5.75 Å². The van der Waals surface area contributed by atoms with E-state index in [9.17, 15) is 78.3 Å². The summed E-state index contributed by atoms with van der Waals surface area (Å²) in [4.78, 5) is 148. The van der Waals surface area contributed by atoms with Gasteiger partial charge in [-0.1, -0.05) is 12.1 Å². The summed E-state index contributed by atoms with van der Waals surface area (Å²) in [5.74, 6) is -12.4. The Morgan fingerprint density at radius 2 is 1.42 bits per heavy atom. The van der Waals surface area contributed by atoms with Crippen LogP contribution in [-0.4, -0.2) is 185 Å². The van der Waals surface area contributed by atoms with Crippen LogP contribution in [0.3, 0.4) is 0 Å². The van der Waals surface area contributed by atoms with Gasteiger partial charge in [0, 0.05) is 37.7 Å². The zero-order valence-electron chi connectivity index (χ0n) is 37.4. The van der Waals surface area contributed by atoms with Crippen LogP contribution in [0.2, 0.25) is 0 Å². The molecule has 69 heavy (non-hydrogen) atoms. The number of carboxylic acid groups (broad SMARTS) is 3. The quantitative estimate of drug-likeness (QED) is 0.0396. The molecule has 9 atom stereocenters. The first kappa shape index (κ1) is 55.6. The normalized spacial score (nSPS) is 16.7. The fourth-order valence-corrected chi connectivity index (χ4v) is 6.78. The van der Waals surface area contributed by atoms with Crippen LogP contribution in [0.4, 0.5) is 0 Å². The lowest BCUT2D eigenvalue weighted by atomic mass is 10.1. The molecule has 8 amide bonds. The second-order valence-electron chi connectivity index (χ2n) is 16.0. The van der Waals surface area contributed by atoms with Gasteiger partial charge in [0.25, 0.3) is 0 Å². The number of carboxylic acids is 3. The second-order valence-corrected chi connectivity index (χ2v) is 16.0. The van der Waals surface area contributed by atoms with Gasteiger partial charge < -0.3 is 83.5 Å². The molecule has 2 heterocycles. The Morgan fingerprint density at radius 3 is 2.00 bits per heavy atom. The number of phenols is 1. The highest BCUT2D eigenvalue weighted by molar-refractivity contribution is 5.98. The van der Waals surface area contributed by atoms with Crippen LogP contribution < -0.4 is 43.0 Å². The van der Waals surface area contributed by atoms with Crippen LogP contribution >= 0.6 is 0 Å². The molecule has 2 aromatic rings. The second kappa shape index (κ2) is 26.6. The minimum atomic E-state index is -1.75. The fourth-order valence-electron chi connectivity index (χ4n) is 6.78. The fraction of sp³-hybridized carbons (Fsp3) is 0.512. The Hall–Kier alpha value is -7.72. The topological polar surface area (TPSA) is 451 Å². The van der Waals surface area contributed by atoms with E-state index in [1.807, 2.05) is 0 Å². The highest BCUT2D eigenvalue weighted by atomic mass is 16.4. The smallest absolute Gasteiger partial charge is 0.326 e. The van der Waals surface area contributed by atoms with Crippen molar-refractivity contribution >= 4 is 65.2 Å². The number of nitrogens with one attached hydrogen (secondary N) is 8. The van der Waals surface area contributed by atoms with Gasteiger partial charge in [-0.05, 0) is 50.8 Å². The number of aromatic nitrogens is 2. The first-order chi connectivity index (χ1) is 32.5. The Labute approximate surface area is 392 Å². The number of phenolic OH excluding ortho intramolecular Hbond substituents is 1. The average Bonchev–Trinajstić information content (AvgIpc) is 4.01. The lowest BCUT2D eigenvalue weighted by molar-refractivity contribution is -0.146. The van der Waals surface area contributed by atoms with Crippen molar-refractivity contribution in [3.63, 3.8) is 0 Å². The van der Waals surface area contributed by atoms with Gasteiger partial charge in [-0.2, -0.15) is 0 Å². The summed E-state index contributed by atoms with van der Waals surface area (Å²) in [5.41, 5.74) is 6.42. The number of likely N-dealkylation sites (tertiary alicyclic amines) is 1. The van der Waals surface area contributed by atoms with Gasteiger partial charge in [0.05, 0.1) is 38.0 Å².